The lowest BCUT2D eigenvalue weighted by Gasteiger charge is -2.36. The van der Waals surface area contributed by atoms with E-state index in [0.29, 0.717) is 17.9 Å². The first-order valence-corrected chi connectivity index (χ1v) is 9.59. The van der Waals surface area contributed by atoms with Crippen molar-refractivity contribution in [1.82, 2.24) is 5.32 Å². The van der Waals surface area contributed by atoms with Crippen molar-refractivity contribution in [1.29, 1.82) is 0 Å². The predicted molar refractivity (Wildman–Crippen MR) is 102 cm³/mol. The fraction of sp³-hybridized carbons (Fsp3) is 0.667. The summed E-state index contributed by atoms with van der Waals surface area (Å²) < 4.78 is 0. The molecule has 1 fully saturated rings. The van der Waals surface area contributed by atoms with Gasteiger partial charge in [0, 0.05) is 11.7 Å². The average molecular weight is 331 g/mol. The highest BCUT2D eigenvalue weighted by Crippen LogP contribution is 2.30. The van der Waals surface area contributed by atoms with Crippen LogP contribution in [0.2, 0.25) is 0 Å². The summed E-state index contributed by atoms with van der Waals surface area (Å²) in [5, 5.41) is 6.71. The number of carbonyl (C=O) groups excluding carboxylic acids is 1. The number of carbonyl (C=O) groups is 1. The molecule has 1 aliphatic carbocycles. The molecular formula is C21H34N2O. The Morgan fingerprint density at radius 1 is 1.21 bits per heavy atom. The number of para-hydroxylation sites is 1. The third-order valence-corrected chi connectivity index (χ3v) is 5.93. The maximum atomic E-state index is 12.7. The van der Waals surface area contributed by atoms with Gasteiger partial charge in [-0.3, -0.25) is 4.79 Å². The van der Waals surface area contributed by atoms with E-state index in [1.807, 2.05) is 25.1 Å². The van der Waals surface area contributed by atoms with Crippen LogP contribution in [-0.2, 0) is 4.79 Å². The Hall–Kier alpha value is -1.35. The van der Waals surface area contributed by atoms with Crippen LogP contribution in [0.15, 0.2) is 24.3 Å². The van der Waals surface area contributed by atoms with E-state index >= 15 is 0 Å². The van der Waals surface area contributed by atoms with Gasteiger partial charge in [0.15, 0.2) is 0 Å². The van der Waals surface area contributed by atoms with E-state index in [4.69, 9.17) is 0 Å². The summed E-state index contributed by atoms with van der Waals surface area (Å²) in [6.45, 7) is 11.0. The molecule has 0 aromatic heterocycles. The van der Waals surface area contributed by atoms with Gasteiger partial charge in [-0.25, -0.2) is 0 Å². The molecule has 2 rings (SSSR count). The Morgan fingerprint density at radius 3 is 2.62 bits per heavy atom. The molecule has 1 aromatic carbocycles. The number of amides is 1. The van der Waals surface area contributed by atoms with Gasteiger partial charge in [0.1, 0.15) is 0 Å². The first-order chi connectivity index (χ1) is 11.4. The summed E-state index contributed by atoms with van der Waals surface area (Å²) in [5.41, 5.74) is 2.18. The number of benzene rings is 1. The number of hydrogen-bond acceptors (Lipinski definition) is 2. The van der Waals surface area contributed by atoms with Crippen LogP contribution in [0.3, 0.4) is 0 Å². The van der Waals surface area contributed by atoms with Crippen molar-refractivity contribution in [2.24, 2.45) is 11.8 Å². The zero-order chi connectivity index (χ0) is 17.7. The number of rotatable bonds is 6. The molecule has 0 bridgehead atoms. The highest BCUT2D eigenvalue weighted by atomic mass is 16.2. The summed E-state index contributed by atoms with van der Waals surface area (Å²) in [6.07, 6.45) is 4.81. The number of nitrogens with one attached hydrogen (secondary N) is 2. The van der Waals surface area contributed by atoms with Crippen molar-refractivity contribution in [3.05, 3.63) is 29.8 Å². The molecule has 0 spiro atoms. The molecule has 1 amide bonds. The van der Waals surface area contributed by atoms with Gasteiger partial charge in [0.05, 0.1) is 6.04 Å². The fourth-order valence-corrected chi connectivity index (χ4v) is 3.72. The summed E-state index contributed by atoms with van der Waals surface area (Å²) in [6, 6.07) is 8.44. The van der Waals surface area contributed by atoms with E-state index in [1.54, 1.807) is 0 Å². The van der Waals surface area contributed by atoms with Gasteiger partial charge < -0.3 is 10.6 Å². The first-order valence-electron chi connectivity index (χ1n) is 9.59. The fourth-order valence-electron chi connectivity index (χ4n) is 3.72. The molecular weight excluding hydrogens is 296 g/mol. The molecule has 5 unspecified atom stereocenters. The van der Waals surface area contributed by atoms with E-state index < -0.39 is 0 Å². The highest BCUT2D eigenvalue weighted by molar-refractivity contribution is 5.95. The molecule has 0 heterocycles. The highest BCUT2D eigenvalue weighted by Gasteiger charge is 2.29. The molecule has 24 heavy (non-hydrogen) atoms. The molecule has 2 N–H and O–H groups in total. The van der Waals surface area contributed by atoms with Crippen LogP contribution >= 0.6 is 0 Å². The minimum absolute atomic E-state index is 0.0659. The number of hydrogen-bond donors (Lipinski definition) is 2. The van der Waals surface area contributed by atoms with Crippen LogP contribution in [0.5, 0.6) is 0 Å². The van der Waals surface area contributed by atoms with Crippen LogP contribution in [0, 0.1) is 11.8 Å². The number of anilines is 1. The molecule has 3 nitrogen and oxygen atoms in total. The molecule has 3 heteroatoms. The van der Waals surface area contributed by atoms with Crippen molar-refractivity contribution >= 4 is 11.6 Å². The van der Waals surface area contributed by atoms with E-state index in [9.17, 15) is 4.79 Å². The quantitative estimate of drug-likeness (QED) is 0.775. The van der Waals surface area contributed by atoms with Gasteiger partial charge in [0.2, 0.25) is 5.91 Å². The van der Waals surface area contributed by atoms with E-state index in [1.165, 1.54) is 24.8 Å². The molecule has 1 saturated carbocycles. The summed E-state index contributed by atoms with van der Waals surface area (Å²) in [5.74, 6) is 1.87. The Balaban J connectivity index is 1.99. The molecule has 0 saturated heterocycles. The van der Waals surface area contributed by atoms with Gasteiger partial charge in [-0.05, 0) is 49.1 Å². The third-order valence-electron chi connectivity index (χ3n) is 5.93. The molecule has 1 aliphatic rings. The monoisotopic (exact) mass is 330 g/mol. The van der Waals surface area contributed by atoms with Gasteiger partial charge in [-0.2, -0.15) is 0 Å². The summed E-state index contributed by atoms with van der Waals surface area (Å²) in [7, 11) is 0. The topological polar surface area (TPSA) is 41.1 Å². The van der Waals surface area contributed by atoms with Crippen molar-refractivity contribution in [3.8, 4) is 0 Å². The minimum atomic E-state index is -0.173. The van der Waals surface area contributed by atoms with E-state index in [2.05, 4.69) is 44.4 Å². The Morgan fingerprint density at radius 2 is 1.92 bits per heavy atom. The van der Waals surface area contributed by atoms with Gasteiger partial charge in [-0.1, -0.05) is 58.7 Å². The second-order valence-electron chi connectivity index (χ2n) is 7.65. The average Bonchev–Trinajstić information content (AvgIpc) is 2.58. The molecule has 0 radical (unpaired) electrons. The normalized spacial score (nSPS) is 26.6. The zero-order valence-corrected chi connectivity index (χ0v) is 15.9. The second kappa shape index (κ2) is 8.66. The zero-order valence-electron chi connectivity index (χ0n) is 15.9. The van der Waals surface area contributed by atoms with E-state index in [0.717, 1.165) is 18.0 Å². The second-order valence-corrected chi connectivity index (χ2v) is 7.65. The van der Waals surface area contributed by atoms with Crippen LogP contribution in [0.1, 0.15) is 71.8 Å². The van der Waals surface area contributed by atoms with Crippen molar-refractivity contribution in [3.63, 3.8) is 0 Å². The minimum Gasteiger partial charge on any atom is -0.324 e. The Labute approximate surface area is 147 Å². The molecule has 134 valence electrons. The Bertz CT molecular complexity index is 542. The van der Waals surface area contributed by atoms with Crippen LogP contribution in [-0.4, -0.2) is 18.0 Å². The van der Waals surface area contributed by atoms with E-state index in [-0.39, 0.29) is 11.9 Å². The van der Waals surface area contributed by atoms with Crippen LogP contribution in [0.25, 0.3) is 0 Å². The van der Waals surface area contributed by atoms with Crippen molar-refractivity contribution < 1.29 is 4.79 Å². The SMILES string of the molecule is CCC(C)c1ccccc1NC(=O)C(C)NC1CCCC(C)C1C. The maximum absolute atomic E-state index is 12.7. The van der Waals surface area contributed by atoms with Gasteiger partial charge in [-0.15, -0.1) is 0 Å². The molecule has 1 aromatic rings. The third kappa shape index (κ3) is 4.60. The van der Waals surface area contributed by atoms with Gasteiger partial charge in [0.25, 0.3) is 0 Å². The standard InChI is InChI=1S/C21H34N2O/c1-6-14(2)18-11-7-8-12-20(18)23-21(24)17(5)22-19-13-9-10-15(3)16(19)4/h7-8,11-12,14-17,19,22H,6,9-10,13H2,1-5H3,(H,23,24). The smallest absolute Gasteiger partial charge is 0.241 e. The molecule has 0 aliphatic heterocycles. The summed E-state index contributed by atoms with van der Waals surface area (Å²) in [4.78, 5) is 12.7. The van der Waals surface area contributed by atoms with Crippen LogP contribution < -0.4 is 10.6 Å². The van der Waals surface area contributed by atoms with Gasteiger partial charge >= 0.3 is 0 Å². The van der Waals surface area contributed by atoms with Crippen molar-refractivity contribution in [2.45, 2.75) is 78.3 Å². The largest absolute Gasteiger partial charge is 0.324 e. The first kappa shape index (κ1) is 19.0. The predicted octanol–water partition coefficient (Wildman–Crippen LogP) is 4.94. The lowest BCUT2D eigenvalue weighted by atomic mass is 9.78. The van der Waals surface area contributed by atoms with Crippen LogP contribution in [0.4, 0.5) is 5.69 Å². The Kier molecular flexibility index (Phi) is 6.85. The lowest BCUT2D eigenvalue weighted by molar-refractivity contribution is -0.118. The summed E-state index contributed by atoms with van der Waals surface area (Å²) >= 11 is 0. The lowest BCUT2D eigenvalue weighted by Crippen LogP contribution is -2.49. The molecule has 5 atom stereocenters. The maximum Gasteiger partial charge on any atom is 0.241 e. The van der Waals surface area contributed by atoms with Crippen molar-refractivity contribution in [2.75, 3.05) is 5.32 Å².